The Morgan fingerprint density at radius 1 is 1.15 bits per heavy atom. The van der Waals surface area contributed by atoms with Gasteiger partial charge in [0.25, 0.3) is 10.0 Å². The lowest BCUT2D eigenvalue weighted by atomic mass is 9.83. The Kier molecular flexibility index (Phi) is 6.92. The summed E-state index contributed by atoms with van der Waals surface area (Å²) in [5, 5.41) is 15.7. The molecule has 7 heteroatoms. The quantitative estimate of drug-likeness (QED) is 0.618. The molecule has 5 nitrogen and oxygen atoms in total. The molecular weight excluding hydrogens is 380 g/mol. The van der Waals surface area contributed by atoms with Gasteiger partial charge < -0.3 is 10.4 Å². The van der Waals surface area contributed by atoms with Crippen LogP contribution in [0.5, 0.6) is 0 Å². The van der Waals surface area contributed by atoms with Crippen LogP contribution in [0.2, 0.25) is 0 Å². The van der Waals surface area contributed by atoms with E-state index in [1.807, 2.05) is 25.1 Å². The van der Waals surface area contributed by atoms with Crippen molar-refractivity contribution < 1.29 is 13.5 Å². The summed E-state index contributed by atoms with van der Waals surface area (Å²) < 4.78 is 28.0. The molecule has 0 unspecified atom stereocenters. The van der Waals surface area contributed by atoms with Crippen molar-refractivity contribution in [2.75, 3.05) is 4.72 Å². The average molecular weight is 409 g/mol. The van der Waals surface area contributed by atoms with Crippen LogP contribution in [-0.2, 0) is 16.6 Å². The molecule has 1 aliphatic carbocycles. The molecule has 2 atom stereocenters. The summed E-state index contributed by atoms with van der Waals surface area (Å²) in [7, 11) is -3.57. The van der Waals surface area contributed by atoms with Crippen molar-refractivity contribution in [2.24, 2.45) is 5.92 Å². The molecule has 0 radical (unpaired) electrons. The van der Waals surface area contributed by atoms with E-state index in [1.165, 1.54) is 30.6 Å². The predicted octanol–water partition coefficient (Wildman–Crippen LogP) is 3.97. The fourth-order valence-electron chi connectivity index (χ4n) is 3.66. The van der Waals surface area contributed by atoms with Crippen LogP contribution >= 0.6 is 11.3 Å². The van der Waals surface area contributed by atoms with E-state index in [-0.39, 0.29) is 12.1 Å². The standard InChI is InChI=1S/C20H28N2O3S2/c1-15(20(23)16-8-3-2-4-9-16)21-14-17-10-5-6-11-18(17)22-27(24,25)19-12-7-13-26-19/h5-7,10-13,15-16,20-23H,2-4,8-9,14H2,1H3/t15-,20+/m0/s1. The number of para-hydroxylation sites is 1. The molecule has 3 rings (SSSR count). The summed E-state index contributed by atoms with van der Waals surface area (Å²) in [6.45, 7) is 2.49. The predicted molar refractivity (Wildman–Crippen MR) is 110 cm³/mol. The van der Waals surface area contributed by atoms with Crippen molar-refractivity contribution in [1.29, 1.82) is 0 Å². The lowest BCUT2D eigenvalue weighted by Crippen LogP contribution is -2.42. The molecule has 1 aliphatic rings. The molecule has 0 aliphatic heterocycles. The summed E-state index contributed by atoms with van der Waals surface area (Å²) in [6, 6.07) is 10.6. The molecule has 1 saturated carbocycles. The van der Waals surface area contributed by atoms with Crippen molar-refractivity contribution in [3.63, 3.8) is 0 Å². The molecule has 3 N–H and O–H groups in total. The maximum Gasteiger partial charge on any atom is 0.271 e. The minimum absolute atomic E-state index is 0.0462. The number of aliphatic hydroxyl groups excluding tert-OH is 1. The van der Waals surface area contributed by atoms with Gasteiger partial charge in [-0.1, -0.05) is 43.5 Å². The molecular formula is C20H28N2O3S2. The van der Waals surface area contributed by atoms with E-state index in [0.717, 1.165) is 18.4 Å². The zero-order chi connectivity index (χ0) is 19.3. The Bertz CT molecular complexity index is 816. The molecule has 148 valence electrons. The summed E-state index contributed by atoms with van der Waals surface area (Å²) >= 11 is 1.19. The van der Waals surface area contributed by atoms with Crippen LogP contribution in [0.25, 0.3) is 0 Å². The second-order valence-corrected chi connectivity index (χ2v) is 10.1. The van der Waals surface area contributed by atoms with E-state index < -0.39 is 10.0 Å². The third-order valence-corrected chi connectivity index (χ3v) is 8.04. The molecule has 0 amide bonds. The van der Waals surface area contributed by atoms with Crippen LogP contribution in [-0.4, -0.2) is 25.7 Å². The largest absolute Gasteiger partial charge is 0.391 e. The number of benzene rings is 1. The van der Waals surface area contributed by atoms with Gasteiger partial charge in [-0.05, 0) is 48.8 Å². The highest BCUT2D eigenvalue weighted by atomic mass is 32.2. The van der Waals surface area contributed by atoms with Crippen molar-refractivity contribution in [1.82, 2.24) is 5.32 Å². The molecule has 0 saturated heterocycles. The number of anilines is 1. The number of rotatable bonds is 8. The van der Waals surface area contributed by atoms with Crippen molar-refractivity contribution in [3.05, 3.63) is 47.3 Å². The third kappa shape index (κ3) is 5.31. The maximum atomic E-state index is 12.5. The van der Waals surface area contributed by atoms with Gasteiger partial charge in [0.05, 0.1) is 11.8 Å². The van der Waals surface area contributed by atoms with Gasteiger partial charge >= 0.3 is 0 Å². The molecule has 27 heavy (non-hydrogen) atoms. The molecule has 2 aromatic rings. The number of sulfonamides is 1. The number of hydrogen-bond donors (Lipinski definition) is 3. The van der Waals surface area contributed by atoms with Crippen LogP contribution < -0.4 is 10.0 Å². The first-order chi connectivity index (χ1) is 13.0. The summed E-state index contributed by atoms with van der Waals surface area (Å²) in [4.78, 5) is 0. The van der Waals surface area contributed by atoms with Crippen LogP contribution in [0.4, 0.5) is 5.69 Å². The topological polar surface area (TPSA) is 78.4 Å². The first kappa shape index (κ1) is 20.3. The first-order valence-corrected chi connectivity index (χ1v) is 11.9. The van der Waals surface area contributed by atoms with Gasteiger partial charge in [0.15, 0.2) is 0 Å². The van der Waals surface area contributed by atoms with Gasteiger partial charge in [-0.3, -0.25) is 4.72 Å². The molecule has 1 fully saturated rings. The van der Waals surface area contributed by atoms with Crippen molar-refractivity contribution in [2.45, 2.75) is 61.9 Å². The lowest BCUT2D eigenvalue weighted by molar-refractivity contribution is 0.0551. The van der Waals surface area contributed by atoms with Crippen LogP contribution in [0.3, 0.4) is 0 Å². The molecule has 0 bridgehead atoms. The van der Waals surface area contributed by atoms with E-state index in [9.17, 15) is 13.5 Å². The van der Waals surface area contributed by atoms with E-state index >= 15 is 0 Å². The lowest BCUT2D eigenvalue weighted by Gasteiger charge is -2.31. The van der Waals surface area contributed by atoms with Gasteiger partial charge in [0.1, 0.15) is 4.21 Å². The Labute approximate surface area is 165 Å². The number of nitrogens with one attached hydrogen (secondary N) is 2. The Hall–Kier alpha value is -1.41. The minimum Gasteiger partial charge on any atom is -0.391 e. The second kappa shape index (κ2) is 9.19. The highest BCUT2D eigenvalue weighted by Crippen LogP contribution is 2.28. The highest BCUT2D eigenvalue weighted by molar-refractivity contribution is 7.94. The molecule has 0 spiro atoms. The van der Waals surface area contributed by atoms with Crippen LogP contribution in [0.1, 0.15) is 44.6 Å². The highest BCUT2D eigenvalue weighted by Gasteiger charge is 2.26. The first-order valence-electron chi connectivity index (χ1n) is 9.53. The van der Waals surface area contributed by atoms with Gasteiger partial charge in [0, 0.05) is 12.6 Å². The van der Waals surface area contributed by atoms with E-state index in [1.54, 1.807) is 23.6 Å². The van der Waals surface area contributed by atoms with E-state index in [4.69, 9.17) is 0 Å². The SMILES string of the molecule is C[C@H](NCc1ccccc1NS(=O)(=O)c1cccs1)[C@@H](O)C1CCCCC1. The zero-order valence-electron chi connectivity index (χ0n) is 15.6. The molecule has 1 aromatic heterocycles. The Morgan fingerprint density at radius 3 is 2.59 bits per heavy atom. The number of hydrogen-bond acceptors (Lipinski definition) is 5. The van der Waals surface area contributed by atoms with E-state index in [0.29, 0.717) is 22.4 Å². The van der Waals surface area contributed by atoms with Crippen LogP contribution in [0, 0.1) is 5.92 Å². The summed E-state index contributed by atoms with van der Waals surface area (Å²) in [6.07, 6.45) is 5.46. The van der Waals surface area contributed by atoms with Gasteiger partial charge in [-0.2, -0.15) is 0 Å². The maximum absolute atomic E-state index is 12.5. The zero-order valence-corrected chi connectivity index (χ0v) is 17.2. The molecule has 1 aromatic carbocycles. The van der Waals surface area contributed by atoms with E-state index in [2.05, 4.69) is 10.0 Å². The Morgan fingerprint density at radius 2 is 1.89 bits per heavy atom. The number of thiophene rings is 1. The monoisotopic (exact) mass is 408 g/mol. The Balaban J connectivity index is 1.64. The van der Waals surface area contributed by atoms with Crippen LogP contribution in [0.15, 0.2) is 46.0 Å². The molecule has 1 heterocycles. The fourth-order valence-corrected chi connectivity index (χ4v) is 5.75. The average Bonchev–Trinajstić information content (AvgIpc) is 3.23. The second-order valence-electron chi connectivity index (χ2n) is 7.25. The smallest absolute Gasteiger partial charge is 0.271 e. The third-order valence-electron chi connectivity index (χ3n) is 5.28. The summed E-state index contributed by atoms with van der Waals surface area (Å²) in [5.74, 6) is 0.355. The normalized spacial score (nSPS) is 18.1. The van der Waals surface area contributed by atoms with Crippen molar-refractivity contribution >= 4 is 27.0 Å². The number of aliphatic hydroxyl groups is 1. The fraction of sp³-hybridized carbons (Fsp3) is 0.500. The van der Waals surface area contributed by atoms with Gasteiger partial charge in [-0.25, -0.2) is 8.42 Å². The minimum atomic E-state index is -3.57. The van der Waals surface area contributed by atoms with Gasteiger partial charge in [0.2, 0.25) is 0 Å². The summed E-state index contributed by atoms with van der Waals surface area (Å²) in [5.41, 5.74) is 1.43. The van der Waals surface area contributed by atoms with Gasteiger partial charge in [-0.15, -0.1) is 11.3 Å². The van der Waals surface area contributed by atoms with Crippen molar-refractivity contribution in [3.8, 4) is 0 Å².